The molecule has 0 atom stereocenters. The predicted molar refractivity (Wildman–Crippen MR) is 42.8 cm³/mol. The largest absolute Gasteiger partial charge is 2.00 e. The molecule has 1 rings (SSSR count). The molecule has 0 aromatic carbocycles. The molecule has 0 saturated carbocycles. The fraction of sp³-hybridized carbons (Fsp3) is 0.286. The number of hydrogen-bond acceptors (Lipinski definition) is 2. The maximum atomic E-state index is 4.85. The molecular weight excluding hydrogens is 234 g/mol. The Morgan fingerprint density at radius 1 is 1.33 bits per heavy atom. The van der Waals surface area contributed by atoms with Crippen molar-refractivity contribution in [2.45, 2.75) is 0 Å². The molecule has 0 bridgehead atoms. The van der Waals surface area contributed by atoms with Crippen LogP contribution in [-0.4, -0.2) is 37.3 Å². The summed E-state index contributed by atoms with van der Waals surface area (Å²) in [6.07, 6.45) is 3.41. The van der Waals surface area contributed by atoms with E-state index in [1.165, 1.54) is 7.11 Å². The van der Waals surface area contributed by atoms with Crippen molar-refractivity contribution < 1.29 is 26.5 Å². The van der Waals surface area contributed by atoms with Crippen LogP contribution in [-0.2, 0) is 9.47 Å². The van der Waals surface area contributed by atoms with E-state index in [1.54, 1.807) is 19.3 Å². The first-order chi connectivity index (χ1) is 4.86. The van der Waals surface area contributed by atoms with E-state index in [9.17, 15) is 0 Å². The summed E-state index contributed by atoms with van der Waals surface area (Å²) in [6.45, 7) is 0. The molecule has 0 aromatic heterocycles. The minimum absolute atomic E-state index is 0. The molecule has 0 unspecified atom stereocenters. The fourth-order valence-electron chi connectivity index (χ4n) is 0.572. The van der Waals surface area contributed by atoms with Gasteiger partial charge in [0.15, 0.2) is 0 Å². The first-order valence-electron chi connectivity index (χ1n) is 2.83. The monoisotopic (exact) mass is 241 g/mol. The van der Waals surface area contributed by atoms with Crippen LogP contribution in [0.5, 0.6) is 0 Å². The van der Waals surface area contributed by atoms with Gasteiger partial charge in [-0.25, -0.2) is 0 Å². The van der Waals surface area contributed by atoms with Gasteiger partial charge in [0.2, 0.25) is 0 Å². The van der Waals surface area contributed by atoms with Crippen molar-refractivity contribution in [1.82, 2.24) is 0 Å². The Morgan fingerprint density at radius 2 is 2.00 bits per heavy atom. The normalized spacial score (nSPS) is 12.5. The second kappa shape index (κ2) is 7.55. The van der Waals surface area contributed by atoms with Crippen LogP contribution in [0, 0.1) is 0 Å². The first-order valence-corrected chi connectivity index (χ1v) is 2.83. The zero-order chi connectivity index (χ0) is 7.40. The Balaban J connectivity index is 0. The third-order valence-corrected chi connectivity index (χ3v) is 1.05. The van der Waals surface area contributed by atoms with Crippen LogP contribution < -0.4 is 17.0 Å². The van der Waals surface area contributed by atoms with Crippen LogP contribution >= 0.6 is 0 Å². The van der Waals surface area contributed by atoms with Crippen molar-refractivity contribution in [3.05, 3.63) is 35.0 Å². The van der Waals surface area contributed by atoms with Gasteiger partial charge in [0, 0.05) is 5.88 Å². The topological polar surface area (TPSA) is 32.6 Å². The van der Waals surface area contributed by atoms with Crippen molar-refractivity contribution in [2.24, 2.45) is 0 Å². The van der Waals surface area contributed by atoms with Crippen LogP contribution in [0.25, 0.3) is 5.32 Å². The summed E-state index contributed by atoms with van der Waals surface area (Å²) in [5, 5.41) is 3.91. The minimum atomic E-state index is 0. The molecule has 62 valence electrons. The Bertz CT molecular complexity index is 221. The molecule has 0 fully saturated rings. The third-order valence-electron chi connectivity index (χ3n) is 1.05. The summed E-state index contributed by atoms with van der Waals surface area (Å²) >= 11 is 0. The van der Waals surface area contributed by atoms with Crippen molar-refractivity contribution in [3.8, 4) is 0 Å². The molecule has 12 heavy (non-hydrogen) atoms. The molecule has 0 saturated heterocycles. The molecule has 1 aliphatic heterocycles. The average molecular weight is 242 g/mol. The van der Waals surface area contributed by atoms with Crippen molar-refractivity contribution in [3.63, 3.8) is 0 Å². The van der Waals surface area contributed by atoms with Crippen LogP contribution in [0.3, 0.4) is 0 Å². The molecule has 5 heteroatoms. The van der Waals surface area contributed by atoms with E-state index in [1.807, 2.05) is 0 Å². The minimum Gasteiger partial charge on any atom is -1.00 e. The van der Waals surface area contributed by atoms with Gasteiger partial charge in [-0.3, -0.25) is 0 Å². The third kappa shape index (κ3) is 4.06. The molecular formula is C7H8BrMgNO2. The van der Waals surface area contributed by atoms with E-state index < -0.39 is 0 Å². The van der Waals surface area contributed by atoms with Gasteiger partial charge in [0.1, 0.15) is 0 Å². The second-order valence-corrected chi connectivity index (χ2v) is 1.64. The van der Waals surface area contributed by atoms with Crippen molar-refractivity contribution in [2.75, 3.05) is 14.2 Å². The number of allylic oxidation sites excluding steroid dienone is 2. The summed E-state index contributed by atoms with van der Waals surface area (Å²) in [6, 6.07) is 0. The van der Waals surface area contributed by atoms with Crippen LogP contribution in [0.2, 0.25) is 0 Å². The van der Waals surface area contributed by atoms with Crippen LogP contribution in [0.4, 0.5) is 0 Å². The molecule has 0 spiro atoms. The van der Waals surface area contributed by atoms with Gasteiger partial charge >= 0.3 is 23.1 Å². The van der Waals surface area contributed by atoms with Crippen molar-refractivity contribution >= 4 is 23.1 Å². The van der Waals surface area contributed by atoms with E-state index in [4.69, 9.17) is 9.47 Å². The number of rotatable bonds is 2. The standard InChI is InChI=1S/C7H8NO2.BrH.Mg/c1-9-6-4-3-5-7(8-6)10-2;;/h3-4H,1-2H3;1H;/q-1;;+2/p-1. The van der Waals surface area contributed by atoms with E-state index in [2.05, 4.69) is 11.0 Å². The van der Waals surface area contributed by atoms with Gasteiger partial charge in [-0.2, -0.15) is 0 Å². The quantitative estimate of drug-likeness (QED) is 0.420. The van der Waals surface area contributed by atoms with E-state index in [0.29, 0.717) is 11.8 Å². The summed E-state index contributed by atoms with van der Waals surface area (Å²) in [5.74, 6) is 0.981. The Labute approximate surface area is 98.4 Å². The number of ether oxygens (including phenoxy) is 2. The van der Waals surface area contributed by atoms with Gasteiger partial charge in [-0.05, 0) is 12.2 Å². The van der Waals surface area contributed by atoms with Crippen molar-refractivity contribution in [1.29, 1.82) is 0 Å². The molecule has 1 aliphatic rings. The number of nitrogens with zero attached hydrogens (tertiary/aromatic N) is 1. The Hall–Kier alpha value is -0.0938. The second-order valence-electron chi connectivity index (χ2n) is 1.64. The van der Waals surface area contributed by atoms with Gasteiger partial charge in [-0.1, -0.05) is 5.73 Å². The van der Waals surface area contributed by atoms with Gasteiger partial charge in [-0.15, -0.1) is 0 Å². The number of halogens is 1. The molecule has 3 nitrogen and oxygen atoms in total. The summed E-state index contributed by atoms with van der Waals surface area (Å²) < 4.78 is 9.66. The zero-order valence-corrected chi connectivity index (χ0v) is 10.0. The van der Waals surface area contributed by atoms with Crippen LogP contribution in [0.15, 0.2) is 29.6 Å². The molecule has 1 heterocycles. The molecule has 0 aromatic rings. The molecule has 0 amide bonds. The van der Waals surface area contributed by atoms with E-state index in [0.717, 1.165) is 0 Å². The van der Waals surface area contributed by atoms with Gasteiger partial charge < -0.3 is 31.8 Å². The first kappa shape index (κ1) is 14.4. The Morgan fingerprint density at radius 3 is 2.50 bits per heavy atom. The average Bonchev–Trinajstić information content (AvgIpc) is 2.05. The summed E-state index contributed by atoms with van der Waals surface area (Å²) in [7, 11) is 3.10. The molecule has 0 N–H and O–H groups in total. The van der Waals surface area contributed by atoms with Gasteiger partial charge in [0.05, 0.1) is 20.1 Å². The summed E-state index contributed by atoms with van der Waals surface area (Å²) in [5.41, 5.74) is 2.78. The van der Waals surface area contributed by atoms with E-state index in [-0.39, 0.29) is 40.0 Å². The fourth-order valence-corrected chi connectivity index (χ4v) is 0.572. The number of methoxy groups -OCH3 is 2. The predicted octanol–water partition coefficient (Wildman–Crippen LogP) is -1.87. The Kier molecular flexibility index (Phi) is 9.08. The van der Waals surface area contributed by atoms with Gasteiger partial charge in [0.25, 0.3) is 0 Å². The smallest absolute Gasteiger partial charge is 1.00 e. The maximum absolute atomic E-state index is 4.85. The zero-order valence-electron chi connectivity index (χ0n) is 7.00. The summed E-state index contributed by atoms with van der Waals surface area (Å²) in [4.78, 5) is 0. The number of hydrogen-bond donors (Lipinski definition) is 0. The molecule has 0 aliphatic carbocycles. The SMILES string of the molecule is COC1=C=CC=C(OC)[N-]1.[Br-].[Mg+2]. The molecule has 0 radical (unpaired) electrons. The maximum Gasteiger partial charge on any atom is 2.00 e. The van der Waals surface area contributed by atoms with E-state index >= 15 is 0 Å². The van der Waals surface area contributed by atoms with Crippen LogP contribution in [0.1, 0.15) is 0 Å².